The molecule has 1 heterocycles. The lowest BCUT2D eigenvalue weighted by molar-refractivity contribution is -0.384. The van der Waals surface area contributed by atoms with Gasteiger partial charge >= 0.3 is 5.69 Å². The number of aryl methyl sites for hydroxylation is 1. The number of aromatic nitrogens is 2. The quantitative estimate of drug-likeness (QED) is 0.319. The molecule has 2 bridgehead atoms. The molecule has 0 aliphatic heterocycles. The fourth-order valence-electron chi connectivity index (χ4n) is 5.41. The number of benzene rings is 2. The number of allylic oxidation sites excluding steroid dienone is 2. The van der Waals surface area contributed by atoms with Crippen molar-refractivity contribution in [3.63, 3.8) is 0 Å². The molecule has 0 N–H and O–H groups in total. The molecule has 0 amide bonds. The van der Waals surface area contributed by atoms with Crippen molar-refractivity contribution in [1.82, 2.24) is 9.55 Å². The molecule has 158 valence electrons. The minimum atomic E-state index is -0.411. The molecule has 31 heavy (non-hydrogen) atoms. The first-order valence-electron chi connectivity index (χ1n) is 10.8. The lowest BCUT2D eigenvalue weighted by atomic mass is 9.48. The maximum atomic E-state index is 13.0. The molecule has 1 fully saturated rings. The molecular weight excluding hydrogens is 390 g/mol. The highest BCUT2D eigenvalue weighted by Gasteiger charge is 2.50. The number of fused-ring (bicyclic) bond motifs is 2. The molecule has 2 aromatic carbocycles. The van der Waals surface area contributed by atoms with Crippen LogP contribution in [-0.2, 0) is 6.54 Å². The van der Waals surface area contributed by atoms with E-state index in [4.69, 9.17) is 0 Å². The van der Waals surface area contributed by atoms with Crippen LogP contribution in [0, 0.1) is 27.4 Å². The molecule has 2 unspecified atom stereocenters. The molecule has 1 aromatic heterocycles. The second kappa shape index (κ2) is 7.15. The molecule has 3 aromatic rings. The molecule has 0 radical (unpaired) electrons. The van der Waals surface area contributed by atoms with Crippen LogP contribution in [0.15, 0.2) is 65.0 Å². The highest BCUT2D eigenvalue weighted by molar-refractivity contribution is 5.93. The van der Waals surface area contributed by atoms with Crippen molar-refractivity contribution in [3.8, 4) is 11.3 Å². The molecule has 6 rings (SSSR count). The van der Waals surface area contributed by atoms with Crippen LogP contribution in [0.2, 0.25) is 0 Å². The van der Waals surface area contributed by atoms with E-state index in [0.717, 1.165) is 24.3 Å². The maximum absolute atomic E-state index is 13.0. The first-order chi connectivity index (χ1) is 14.9. The summed E-state index contributed by atoms with van der Waals surface area (Å²) in [6, 6.07) is 14.0. The molecule has 1 saturated carbocycles. The fourth-order valence-corrected chi connectivity index (χ4v) is 5.41. The number of rotatable bonds is 5. The third-order valence-corrected chi connectivity index (χ3v) is 7.43. The van der Waals surface area contributed by atoms with Gasteiger partial charge in [-0.05, 0) is 42.6 Å². The van der Waals surface area contributed by atoms with E-state index < -0.39 is 4.92 Å². The molecule has 3 aliphatic rings. The van der Waals surface area contributed by atoms with Gasteiger partial charge < -0.3 is 0 Å². The van der Waals surface area contributed by atoms with Gasteiger partial charge in [0.25, 0.3) is 5.69 Å². The van der Waals surface area contributed by atoms with Gasteiger partial charge in [0.1, 0.15) is 0 Å². The maximum Gasteiger partial charge on any atom is 0.348 e. The smallest absolute Gasteiger partial charge is 0.292 e. The van der Waals surface area contributed by atoms with Crippen LogP contribution in [-0.4, -0.2) is 14.5 Å². The van der Waals surface area contributed by atoms with Crippen molar-refractivity contribution in [2.45, 2.75) is 39.7 Å². The van der Waals surface area contributed by atoms with Crippen molar-refractivity contribution in [2.75, 3.05) is 0 Å². The molecule has 6 heteroatoms. The highest BCUT2D eigenvalue weighted by atomic mass is 16.6. The Morgan fingerprint density at radius 1 is 1.19 bits per heavy atom. The first kappa shape index (κ1) is 19.7. The van der Waals surface area contributed by atoms with Gasteiger partial charge in [-0.15, -0.1) is 0 Å². The predicted octanol–water partition coefficient (Wildman–Crippen LogP) is 5.35. The minimum Gasteiger partial charge on any atom is -0.292 e. The largest absolute Gasteiger partial charge is 0.348 e. The van der Waals surface area contributed by atoms with Gasteiger partial charge in [-0.2, -0.15) is 4.98 Å². The molecular formula is C25H25N3O3. The first-order valence-corrected chi connectivity index (χ1v) is 10.8. The topological polar surface area (TPSA) is 78.0 Å². The van der Waals surface area contributed by atoms with Crippen LogP contribution in [0.5, 0.6) is 0 Å². The lowest BCUT2D eigenvalue weighted by Gasteiger charge is -2.56. The number of non-ortho nitro benzene ring substituents is 1. The van der Waals surface area contributed by atoms with Crippen molar-refractivity contribution >= 4 is 16.6 Å². The van der Waals surface area contributed by atoms with Crippen LogP contribution in [0.25, 0.3) is 22.2 Å². The van der Waals surface area contributed by atoms with Crippen molar-refractivity contribution < 1.29 is 4.92 Å². The summed E-state index contributed by atoms with van der Waals surface area (Å²) < 4.78 is 1.67. The SMILES string of the molecule is CC1(C)C2CC=C(CCn3c(=O)nc(-c4ccccc4)c4cc([N+](=O)[O-])ccc43)C1C2. The Hall–Kier alpha value is -3.28. The Morgan fingerprint density at radius 3 is 2.65 bits per heavy atom. The van der Waals surface area contributed by atoms with Crippen LogP contribution in [0.3, 0.4) is 0 Å². The second-order valence-electron chi connectivity index (χ2n) is 9.29. The summed E-state index contributed by atoms with van der Waals surface area (Å²) in [4.78, 5) is 28.4. The summed E-state index contributed by atoms with van der Waals surface area (Å²) in [5, 5.41) is 12.0. The predicted molar refractivity (Wildman–Crippen MR) is 121 cm³/mol. The highest BCUT2D eigenvalue weighted by Crippen LogP contribution is 2.59. The molecule has 0 saturated heterocycles. The van der Waals surface area contributed by atoms with Crippen LogP contribution in [0.1, 0.15) is 33.1 Å². The summed E-state index contributed by atoms with van der Waals surface area (Å²) in [6.07, 6.45) is 5.52. The zero-order valence-electron chi connectivity index (χ0n) is 17.7. The molecule has 2 atom stereocenters. The number of nitro groups is 1. The van der Waals surface area contributed by atoms with Gasteiger partial charge in [0.15, 0.2) is 0 Å². The van der Waals surface area contributed by atoms with Gasteiger partial charge in [-0.25, -0.2) is 4.79 Å². The molecule has 6 nitrogen and oxygen atoms in total. The van der Waals surface area contributed by atoms with Crippen molar-refractivity contribution in [3.05, 3.63) is 80.8 Å². The number of nitrogens with zero attached hydrogens (tertiary/aromatic N) is 3. The van der Waals surface area contributed by atoms with E-state index in [9.17, 15) is 14.9 Å². The Kier molecular flexibility index (Phi) is 4.54. The number of nitro benzene ring substituents is 1. The van der Waals surface area contributed by atoms with Crippen molar-refractivity contribution in [1.29, 1.82) is 0 Å². The van der Waals surface area contributed by atoms with E-state index in [1.165, 1.54) is 24.1 Å². The monoisotopic (exact) mass is 415 g/mol. The van der Waals surface area contributed by atoms with Crippen LogP contribution >= 0.6 is 0 Å². The Bertz CT molecular complexity index is 1270. The van der Waals surface area contributed by atoms with Gasteiger partial charge in [-0.1, -0.05) is 55.8 Å². The zero-order valence-corrected chi connectivity index (χ0v) is 17.7. The van der Waals surface area contributed by atoms with Crippen LogP contribution in [0.4, 0.5) is 5.69 Å². The summed E-state index contributed by atoms with van der Waals surface area (Å²) >= 11 is 0. The Labute approximate surface area is 180 Å². The Balaban J connectivity index is 1.58. The van der Waals surface area contributed by atoms with Gasteiger partial charge in [0.05, 0.1) is 16.1 Å². The number of hydrogen-bond acceptors (Lipinski definition) is 4. The van der Waals surface area contributed by atoms with Crippen LogP contribution < -0.4 is 5.69 Å². The second-order valence-corrected chi connectivity index (χ2v) is 9.29. The average Bonchev–Trinajstić information content (AvgIpc) is 2.78. The fraction of sp³-hybridized carbons (Fsp3) is 0.360. The van der Waals surface area contributed by atoms with E-state index in [1.54, 1.807) is 10.6 Å². The van der Waals surface area contributed by atoms with E-state index in [0.29, 0.717) is 34.5 Å². The van der Waals surface area contributed by atoms with Gasteiger partial charge in [0, 0.05) is 29.6 Å². The summed E-state index contributed by atoms with van der Waals surface area (Å²) in [6.45, 7) is 5.21. The summed E-state index contributed by atoms with van der Waals surface area (Å²) in [5.41, 5.74) is 3.40. The van der Waals surface area contributed by atoms with Gasteiger partial charge in [0.2, 0.25) is 0 Å². The average molecular weight is 415 g/mol. The van der Waals surface area contributed by atoms with E-state index in [-0.39, 0.29) is 11.4 Å². The third-order valence-electron chi connectivity index (χ3n) is 7.43. The standard InChI is InChI=1S/C25H25N3O3/c1-25(2)18-9-8-16(21(25)14-18)12-13-27-22-11-10-19(28(30)31)15-20(22)23(26-24(27)29)17-6-4-3-5-7-17/h3-8,10-11,15,18,21H,9,12-14H2,1-2H3. The normalized spacial score (nSPS) is 21.4. The van der Waals surface area contributed by atoms with Crippen molar-refractivity contribution in [2.24, 2.45) is 17.3 Å². The van der Waals surface area contributed by atoms with E-state index in [1.807, 2.05) is 30.3 Å². The summed E-state index contributed by atoms with van der Waals surface area (Å²) in [5.74, 6) is 1.36. The Morgan fingerprint density at radius 2 is 1.97 bits per heavy atom. The minimum absolute atomic E-state index is 0.00562. The number of hydrogen-bond donors (Lipinski definition) is 0. The van der Waals surface area contributed by atoms with E-state index >= 15 is 0 Å². The molecule has 3 aliphatic carbocycles. The summed E-state index contributed by atoms with van der Waals surface area (Å²) in [7, 11) is 0. The third kappa shape index (κ3) is 3.17. The molecule has 0 spiro atoms. The van der Waals surface area contributed by atoms with Gasteiger partial charge in [-0.3, -0.25) is 14.7 Å². The lowest BCUT2D eigenvalue weighted by Crippen LogP contribution is -2.48. The van der Waals surface area contributed by atoms with E-state index in [2.05, 4.69) is 24.9 Å². The zero-order chi connectivity index (χ0) is 21.8.